The molecule has 152 valence electrons. The van der Waals surface area contributed by atoms with Gasteiger partial charge in [0.25, 0.3) is 11.8 Å². The highest BCUT2D eigenvalue weighted by atomic mass is 79.9. The number of benzene rings is 2. The van der Waals surface area contributed by atoms with Gasteiger partial charge in [0.1, 0.15) is 5.82 Å². The maximum Gasteiger partial charge on any atom is 0.258 e. The molecule has 4 rings (SSSR count). The van der Waals surface area contributed by atoms with E-state index in [0.29, 0.717) is 28.5 Å². The number of carbonyl (C=O) groups is 2. The van der Waals surface area contributed by atoms with E-state index in [1.54, 1.807) is 42.6 Å². The molecule has 0 aliphatic rings. The summed E-state index contributed by atoms with van der Waals surface area (Å²) in [6, 6.07) is 19.6. The highest BCUT2D eigenvalue weighted by Crippen LogP contribution is 2.16. The van der Waals surface area contributed by atoms with Gasteiger partial charge in [-0.3, -0.25) is 9.59 Å². The molecule has 4 aromatic rings. The van der Waals surface area contributed by atoms with E-state index in [1.165, 1.54) is 12.4 Å². The number of hydrogen-bond donors (Lipinski definition) is 2. The van der Waals surface area contributed by atoms with Crippen molar-refractivity contribution in [3.8, 4) is 11.4 Å². The van der Waals surface area contributed by atoms with Crippen molar-refractivity contribution in [3.63, 3.8) is 0 Å². The Bertz CT molecular complexity index is 1210. The van der Waals surface area contributed by atoms with E-state index in [0.717, 1.165) is 10.0 Å². The van der Waals surface area contributed by atoms with Gasteiger partial charge in [-0.1, -0.05) is 36.4 Å². The molecule has 2 aromatic carbocycles. The summed E-state index contributed by atoms with van der Waals surface area (Å²) in [4.78, 5) is 37.7. The van der Waals surface area contributed by atoms with Gasteiger partial charge in [0, 0.05) is 39.9 Å². The molecule has 0 radical (unpaired) electrons. The highest BCUT2D eigenvalue weighted by molar-refractivity contribution is 9.10. The summed E-state index contributed by atoms with van der Waals surface area (Å²) in [7, 11) is 0. The average Bonchev–Trinajstić information content (AvgIpc) is 2.81. The number of carbonyl (C=O) groups excluding carboxylic acids is 2. The van der Waals surface area contributed by atoms with E-state index in [4.69, 9.17) is 0 Å². The molecular weight excluding hydrogens is 458 g/mol. The topological polar surface area (TPSA) is 96.9 Å². The fourth-order valence-electron chi connectivity index (χ4n) is 2.76. The second kappa shape index (κ2) is 9.27. The van der Waals surface area contributed by atoms with Gasteiger partial charge in [-0.05, 0) is 46.3 Å². The quantitative estimate of drug-likeness (QED) is 0.433. The maximum atomic E-state index is 12.6. The third-order valence-electron chi connectivity index (χ3n) is 4.30. The van der Waals surface area contributed by atoms with Crippen LogP contribution in [0.1, 0.15) is 20.7 Å². The van der Waals surface area contributed by atoms with Crippen LogP contribution in [-0.2, 0) is 0 Å². The minimum atomic E-state index is -0.369. The number of nitrogens with one attached hydrogen (secondary N) is 2. The molecule has 0 aliphatic carbocycles. The van der Waals surface area contributed by atoms with Crippen LogP contribution in [0.25, 0.3) is 11.4 Å². The van der Waals surface area contributed by atoms with Crippen LogP contribution in [0.3, 0.4) is 0 Å². The Labute approximate surface area is 186 Å². The average molecular weight is 474 g/mol. The van der Waals surface area contributed by atoms with Crippen molar-refractivity contribution in [1.29, 1.82) is 0 Å². The Morgan fingerprint density at radius 2 is 1.45 bits per heavy atom. The van der Waals surface area contributed by atoms with Gasteiger partial charge in [-0.25, -0.2) is 15.0 Å². The summed E-state index contributed by atoms with van der Waals surface area (Å²) in [6.45, 7) is 0. The number of rotatable bonds is 5. The first-order chi connectivity index (χ1) is 15.1. The molecule has 0 unspecified atom stereocenters. The van der Waals surface area contributed by atoms with Crippen molar-refractivity contribution in [3.05, 3.63) is 101 Å². The Morgan fingerprint density at radius 1 is 0.710 bits per heavy atom. The van der Waals surface area contributed by atoms with Crippen molar-refractivity contribution in [2.24, 2.45) is 0 Å². The predicted octanol–water partition coefficient (Wildman–Crippen LogP) is 4.81. The first-order valence-electron chi connectivity index (χ1n) is 9.30. The third kappa shape index (κ3) is 5.18. The van der Waals surface area contributed by atoms with Crippen LogP contribution >= 0.6 is 15.9 Å². The van der Waals surface area contributed by atoms with Crippen molar-refractivity contribution in [2.75, 3.05) is 10.6 Å². The molecular formula is C23H16BrN5O2. The number of nitrogens with zero attached hydrogens (tertiary/aromatic N) is 3. The van der Waals surface area contributed by atoms with Crippen LogP contribution in [0.2, 0.25) is 0 Å². The van der Waals surface area contributed by atoms with E-state index < -0.39 is 0 Å². The van der Waals surface area contributed by atoms with Crippen LogP contribution in [0.15, 0.2) is 89.8 Å². The molecule has 0 saturated heterocycles. The lowest BCUT2D eigenvalue weighted by Crippen LogP contribution is -2.15. The zero-order valence-corrected chi connectivity index (χ0v) is 17.7. The SMILES string of the molecule is O=C(Nc1cccc(C(=O)Nc2ccc(Br)cn2)c1)c1cnc(-c2ccccc2)nc1. The van der Waals surface area contributed by atoms with Crippen molar-refractivity contribution < 1.29 is 9.59 Å². The number of anilines is 2. The minimum absolute atomic E-state index is 0.314. The highest BCUT2D eigenvalue weighted by Gasteiger charge is 2.11. The summed E-state index contributed by atoms with van der Waals surface area (Å²) in [5.74, 6) is 0.267. The third-order valence-corrected chi connectivity index (χ3v) is 4.77. The van der Waals surface area contributed by atoms with Crippen LogP contribution in [0, 0.1) is 0 Å². The summed E-state index contributed by atoms with van der Waals surface area (Å²) in [6.07, 6.45) is 4.54. The standard InChI is InChI=1S/C23H16BrN5O2/c24-18-9-10-20(25-14-18)29-22(30)16-7-4-8-19(11-16)28-23(31)17-12-26-21(27-13-17)15-5-2-1-3-6-15/h1-14H,(H,28,31)(H,25,29,30). The summed E-state index contributed by atoms with van der Waals surface area (Å²) < 4.78 is 0.816. The largest absolute Gasteiger partial charge is 0.322 e. The Hall–Kier alpha value is -3.91. The minimum Gasteiger partial charge on any atom is -0.322 e. The molecule has 2 heterocycles. The second-order valence-corrected chi connectivity index (χ2v) is 7.43. The van der Waals surface area contributed by atoms with Gasteiger partial charge in [0.2, 0.25) is 0 Å². The zero-order chi connectivity index (χ0) is 21.6. The van der Waals surface area contributed by atoms with Crippen LogP contribution in [-0.4, -0.2) is 26.8 Å². The number of amides is 2. The molecule has 0 saturated carbocycles. The monoisotopic (exact) mass is 473 g/mol. The van der Waals surface area contributed by atoms with E-state index in [1.807, 2.05) is 30.3 Å². The predicted molar refractivity (Wildman–Crippen MR) is 122 cm³/mol. The Morgan fingerprint density at radius 3 is 2.16 bits per heavy atom. The molecule has 8 heteroatoms. The second-order valence-electron chi connectivity index (χ2n) is 6.51. The fraction of sp³-hybridized carbons (Fsp3) is 0. The lowest BCUT2D eigenvalue weighted by Gasteiger charge is -2.08. The summed E-state index contributed by atoms with van der Waals surface area (Å²) >= 11 is 3.30. The number of hydrogen-bond acceptors (Lipinski definition) is 5. The molecule has 0 aliphatic heterocycles. The summed E-state index contributed by atoms with van der Waals surface area (Å²) in [5.41, 5.74) is 2.05. The van der Waals surface area contributed by atoms with Gasteiger partial charge >= 0.3 is 0 Å². The molecule has 7 nitrogen and oxygen atoms in total. The maximum absolute atomic E-state index is 12.6. The van der Waals surface area contributed by atoms with Gasteiger partial charge in [-0.15, -0.1) is 0 Å². The number of pyridine rings is 1. The van der Waals surface area contributed by atoms with Gasteiger partial charge in [0.05, 0.1) is 5.56 Å². The molecule has 0 fully saturated rings. The van der Waals surface area contributed by atoms with Gasteiger partial charge in [-0.2, -0.15) is 0 Å². The lowest BCUT2D eigenvalue weighted by atomic mass is 10.1. The van der Waals surface area contributed by atoms with E-state index in [-0.39, 0.29) is 11.8 Å². The van der Waals surface area contributed by atoms with E-state index in [2.05, 4.69) is 41.5 Å². The van der Waals surface area contributed by atoms with Crippen molar-refractivity contribution in [1.82, 2.24) is 15.0 Å². The Kier molecular flexibility index (Phi) is 6.09. The summed E-state index contributed by atoms with van der Waals surface area (Å²) in [5, 5.41) is 5.48. The molecule has 2 aromatic heterocycles. The zero-order valence-electron chi connectivity index (χ0n) is 16.1. The van der Waals surface area contributed by atoms with Crippen LogP contribution < -0.4 is 10.6 Å². The van der Waals surface area contributed by atoms with Crippen LogP contribution in [0.4, 0.5) is 11.5 Å². The van der Waals surface area contributed by atoms with E-state index >= 15 is 0 Å². The molecule has 0 atom stereocenters. The number of aromatic nitrogens is 3. The smallest absolute Gasteiger partial charge is 0.258 e. The first kappa shape index (κ1) is 20.4. The fourth-order valence-corrected chi connectivity index (χ4v) is 3.00. The van der Waals surface area contributed by atoms with E-state index in [9.17, 15) is 9.59 Å². The molecule has 0 bridgehead atoms. The molecule has 31 heavy (non-hydrogen) atoms. The molecule has 2 amide bonds. The number of halogens is 1. The lowest BCUT2D eigenvalue weighted by molar-refractivity contribution is 0.101. The molecule has 2 N–H and O–H groups in total. The van der Waals surface area contributed by atoms with Gasteiger partial charge in [0.15, 0.2) is 5.82 Å². The van der Waals surface area contributed by atoms with Gasteiger partial charge < -0.3 is 10.6 Å². The van der Waals surface area contributed by atoms with Crippen molar-refractivity contribution in [2.45, 2.75) is 0 Å². The normalized spacial score (nSPS) is 10.4. The molecule has 0 spiro atoms. The van der Waals surface area contributed by atoms with Crippen LogP contribution in [0.5, 0.6) is 0 Å². The first-order valence-corrected chi connectivity index (χ1v) is 10.1. The van der Waals surface area contributed by atoms with Crippen molar-refractivity contribution >= 4 is 39.2 Å². The Balaban J connectivity index is 1.44.